The third-order valence-corrected chi connectivity index (χ3v) is 6.70. The number of carbonyl (C=O) groups excluding carboxylic acids is 1. The Morgan fingerprint density at radius 1 is 1.12 bits per heavy atom. The van der Waals surface area contributed by atoms with Gasteiger partial charge in [0.05, 0.1) is 0 Å². The summed E-state index contributed by atoms with van der Waals surface area (Å²) in [6.45, 7) is 7.34. The van der Waals surface area contributed by atoms with Crippen molar-refractivity contribution in [2.24, 2.45) is 5.92 Å². The van der Waals surface area contributed by atoms with Gasteiger partial charge in [-0.1, -0.05) is 31.4 Å². The van der Waals surface area contributed by atoms with E-state index in [1.54, 1.807) is 0 Å². The van der Waals surface area contributed by atoms with E-state index < -0.39 is 0 Å². The standard InChI is InChI=1S/C20H30N2OS/c1-3-21(4-2)18-12-10-17(11-13-18)20-22(14-15-24-20)19(23)16-8-6-5-7-9-16/h10-13,16,20H,3-9,14-15H2,1-2H3. The fourth-order valence-electron chi connectivity index (χ4n) is 3.99. The zero-order valence-corrected chi connectivity index (χ0v) is 15.9. The summed E-state index contributed by atoms with van der Waals surface area (Å²) in [5.74, 6) is 1.73. The van der Waals surface area contributed by atoms with Crippen LogP contribution in [0.15, 0.2) is 24.3 Å². The van der Waals surface area contributed by atoms with E-state index in [9.17, 15) is 4.79 Å². The number of hydrogen-bond acceptors (Lipinski definition) is 3. The predicted octanol–water partition coefficient (Wildman–Crippen LogP) is 4.69. The highest BCUT2D eigenvalue weighted by Gasteiger charge is 2.34. The molecule has 1 aromatic carbocycles. The van der Waals surface area contributed by atoms with Crippen LogP contribution in [0.3, 0.4) is 0 Å². The van der Waals surface area contributed by atoms with Crippen molar-refractivity contribution in [1.29, 1.82) is 0 Å². The molecule has 1 aliphatic carbocycles. The van der Waals surface area contributed by atoms with Crippen LogP contribution >= 0.6 is 11.8 Å². The molecule has 1 unspecified atom stereocenters. The number of anilines is 1. The van der Waals surface area contributed by atoms with Crippen LogP contribution in [0.5, 0.6) is 0 Å². The largest absolute Gasteiger partial charge is 0.372 e. The molecule has 4 heteroatoms. The Morgan fingerprint density at radius 3 is 2.42 bits per heavy atom. The molecule has 1 heterocycles. The van der Waals surface area contributed by atoms with Gasteiger partial charge >= 0.3 is 0 Å². The fraction of sp³-hybridized carbons (Fsp3) is 0.650. The van der Waals surface area contributed by atoms with Crippen molar-refractivity contribution in [3.05, 3.63) is 29.8 Å². The number of rotatable bonds is 5. The van der Waals surface area contributed by atoms with Crippen LogP contribution in [0, 0.1) is 5.92 Å². The summed E-state index contributed by atoms with van der Waals surface area (Å²) >= 11 is 1.91. The molecule has 1 aliphatic heterocycles. The minimum atomic E-state index is 0.213. The lowest BCUT2D eigenvalue weighted by Gasteiger charge is -2.30. The molecule has 1 atom stereocenters. The Balaban J connectivity index is 1.71. The Bertz CT molecular complexity index is 535. The molecule has 24 heavy (non-hydrogen) atoms. The average molecular weight is 347 g/mol. The second-order valence-electron chi connectivity index (χ2n) is 6.85. The number of carbonyl (C=O) groups is 1. The first-order valence-corrected chi connectivity index (χ1v) is 10.6. The molecule has 0 aromatic heterocycles. The highest BCUT2D eigenvalue weighted by atomic mass is 32.2. The van der Waals surface area contributed by atoms with Gasteiger partial charge in [0.1, 0.15) is 5.37 Å². The molecule has 1 amide bonds. The van der Waals surface area contributed by atoms with Gasteiger partial charge < -0.3 is 9.80 Å². The highest BCUT2D eigenvalue weighted by Crippen LogP contribution is 2.40. The molecular weight excluding hydrogens is 316 g/mol. The van der Waals surface area contributed by atoms with Crippen molar-refractivity contribution in [1.82, 2.24) is 4.90 Å². The Labute approximate surface area is 150 Å². The van der Waals surface area contributed by atoms with Gasteiger partial charge in [-0.05, 0) is 44.4 Å². The van der Waals surface area contributed by atoms with Crippen LogP contribution in [0.1, 0.15) is 56.9 Å². The minimum Gasteiger partial charge on any atom is -0.372 e. The van der Waals surface area contributed by atoms with Gasteiger partial charge in [-0.25, -0.2) is 0 Å². The van der Waals surface area contributed by atoms with E-state index in [-0.39, 0.29) is 11.3 Å². The van der Waals surface area contributed by atoms with E-state index in [4.69, 9.17) is 0 Å². The first-order chi connectivity index (χ1) is 11.7. The summed E-state index contributed by atoms with van der Waals surface area (Å²) in [6.07, 6.45) is 5.93. The van der Waals surface area contributed by atoms with Crippen LogP contribution in [0.25, 0.3) is 0 Å². The van der Waals surface area contributed by atoms with E-state index in [1.165, 1.54) is 30.5 Å². The predicted molar refractivity (Wildman–Crippen MR) is 103 cm³/mol. The van der Waals surface area contributed by atoms with Crippen molar-refractivity contribution in [2.75, 3.05) is 30.3 Å². The number of nitrogens with zero attached hydrogens (tertiary/aromatic N) is 2. The number of amides is 1. The summed E-state index contributed by atoms with van der Waals surface area (Å²) in [7, 11) is 0. The number of benzene rings is 1. The minimum absolute atomic E-state index is 0.213. The fourth-order valence-corrected chi connectivity index (χ4v) is 5.26. The van der Waals surface area contributed by atoms with Crippen molar-refractivity contribution in [2.45, 2.75) is 51.3 Å². The van der Waals surface area contributed by atoms with Crippen LogP contribution < -0.4 is 4.90 Å². The summed E-state index contributed by atoms with van der Waals surface area (Å²) in [5, 5.41) is 0.213. The highest BCUT2D eigenvalue weighted by molar-refractivity contribution is 7.99. The maximum atomic E-state index is 13.0. The van der Waals surface area contributed by atoms with E-state index in [0.717, 1.165) is 38.2 Å². The van der Waals surface area contributed by atoms with Gasteiger partial charge in [0.15, 0.2) is 0 Å². The van der Waals surface area contributed by atoms with Crippen molar-refractivity contribution in [3.63, 3.8) is 0 Å². The lowest BCUT2D eigenvalue weighted by atomic mass is 9.88. The maximum absolute atomic E-state index is 13.0. The quantitative estimate of drug-likeness (QED) is 0.773. The Morgan fingerprint density at radius 2 is 1.79 bits per heavy atom. The first kappa shape index (κ1) is 17.7. The van der Waals surface area contributed by atoms with Gasteiger partial charge in [0.25, 0.3) is 0 Å². The molecule has 132 valence electrons. The van der Waals surface area contributed by atoms with Crippen LogP contribution in [-0.4, -0.2) is 36.2 Å². The monoisotopic (exact) mass is 346 g/mol. The smallest absolute Gasteiger partial charge is 0.226 e. The van der Waals surface area contributed by atoms with Gasteiger partial charge in [-0.3, -0.25) is 4.79 Å². The lowest BCUT2D eigenvalue weighted by Crippen LogP contribution is -2.36. The third kappa shape index (κ3) is 3.74. The molecule has 1 saturated carbocycles. The van der Waals surface area contributed by atoms with Crippen molar-refractivity contribution < 1.29 is 4.79 Å². The molecule has 0 bridgehead atoms. The van der Waals surface area contributed by atoms with Crippen LogP contribution in [-0.2, 0) is 4.79 Å². The molecule has 0 N–H and O–H groups in total. The van der Waals surface area contributed by atoms with Gasteiger partial charge in [0.2, 0.25) is 5.91 Å². The Kier molecular flexibility index (Phi) is 6.09. The molecule has 1 aromatic rings. The molecule has 1 saturated heterocycles. The van der Waals surface area contributed by atoms with Gasteiger partial charge in [-0.2, -0.15) is 0 Å². The van der Waals surface area contributed by atoms with E-state index in [2.05, 4.69) is 47.9 Å². The lowest BCUT2D eigenvalue weighted by molar-refractivity contribution is -0.136. The molecule has 2 aliphatic rings. The number of hydrogen-bond donors (Lipinski definition) is 0. The van der Waals surface area contributed by atoms with Crippen molar-refractivity contribution >= 4 is 23.4 Å². The second kappa shape index (κ2) is 8.28. The first-order valence-electron chi connectivity index (χ1n) is 9.51. The maximum Gasteiger partial charge on any atom is 0.226 e. The molecule has 0 radical (unpaired) electrons. The van der Waals surface area contributed by atoms with Crippen molar-refractivity contribution in [3.8, 4) is 0 Å². The molecule has 2 fully saturated rings. The molecule has 3 nitrogen and oxygen atoms in total. The van der Waals surface area contributed by atoms with Crippen LogP contribution in [0.4, 0.5) is 5.69 Å². The zero-order chi connectivity index (χ0) is 16.9. The SMILES string of the molecule is CCN(CC)c1ccc(C2SCCN2C(=O)C2CCCCC2)cc1. The normalized spacial score (nSPS) is 21.9. The van der Waals surface area contributed by atoms with Crippen LogP contribution in [0.2, 0.25) is 0 Å². The van der Waals surface area contributed by atoms with Gasteiger partial charge in [0, 0.05) is 37.0 Å². The molecule has 3 rings (SSSR count). The second-order valence-corrected chi connectivity index (χ2v) is 8.04. The van der Waals surface area contributed by atoms with Gasteiger partial charge in [-0.15, -0.1) is 11.8 Å². The number of thioether (sulfide) groups is 1. The topological polar surface area (TPSA) is 23.6 Å². The van der Waals surface area contributed by atoms with E-state index in [1.807, 2.05) is 11.8 Å². The van der Waals surface area contributed by atoms with E-state index in [0.29, 0.717) is 5.91 Å². The Hall–Kier alpha value is -1.16. The average Bonchev–Trinajstić information content (AvgIpc) is 3.13. The summed E-state index contributed by atoms with van der Waals surface area (Å²) < 4.78 is 0. The molecule has 0 spiro atoms. The summed E-state index contributed by atoms with van der Waals surface area (Å²) in [4.78, 5) is 17.5. The third-order valence-electron chi connectivity index (χ3n) is 5.44. The summed E-state index contributed by atoms with van der Waals surface area (Å²) in [5.41, 5.74) is 2.55. The zero-order valence-electron chi connectivity index (χ0n) is 15.0. The molecular formula is C20H30N2OS. The summed E-state index contributed by atoms with van der Waals surface area (Å²) in [6, 6.07) is 8.87. The van der Waals surface area contributed by atoms with E-state index >= 15 is 0 Å².